The first-order valence-corrected chi connectivity index (χ1v) is 9.54. The molecule has 8 heteroatoms. The van der Waals surface area contributed by atoms with Gasteiger partial charge in [0.1, 0.15) is 5.75 Å². The second-order valence-corrected chi connectivity index (χ2v) is 7.22. The number of ketones is 1. The molecule has 2 aliphatic heterocycles. The van der Waals surface area contributed by atoms with E-state index in [4.69, 9.17) is 28.1 Å². The molecule has 1 aromatic heterocycles. The largest absolute Gasteiger partial charge is 0.493 e. The van der Waals surface area contributed by atoms with Gasteiger partial charge < -0.3 is 33.2 Å². The molecule has 3 heterocycles. The summed E-state index contributed by atoms with van der Waals surface area (Å²) >= 11 is 0. The molecule has 8 nitrogen and oxygen atoms in total. The summed E-state index contributed by atoms with van der Waals surface area (Å²) in [6.07, 6.45) is 0. The fraction of sp³-hybridized carbons (Fsp3) is 0.174. The molecule has 0 fully saturated rings. The van der Waals surface area contributed by atoms with Gasteiger partial charge in [-0.15, -0.1) is 0 Å². The molecule has 2 aliphatic rings. The summed E-state index contributed by atoms with van der Waals surface area (Å²) in [5.74, 6) is 2.09. The van der Waals surface area contributed by atoms with Crippen molar-refractivity contribution in [1.29, 1.82) is 0 Å². The maximum Gasteiger partial charge on any atom is 0.291 e. The minimum atomic E-state index is -0.352. The maximum atomic E-state index is 12.4. The average Bonchev–Trinajstić information content (AvgIpc) is 3.39. The van der Waals surface area contributed by atoms with Gasteiger partial charge in [0.25, 0.3) is 5.95 Å². The molecule has 4 aromatic rings. The van der Waals surface area contributed by atoms with Crippen molar-refractivity contribution in [2.75, 3.05) is 27.6 Å². The number of methoxy groups -OCH3 is 2. The number of ether oxygens (including phenoxy) is 5. The lowest BCUT2D eigenvalue weighted by Gasteiger charge is -2.19. The molecule has 6 rings (SSSR count). The summed E-state index contributed by atoms with van der Waals surface area (Å²) in [4.78, 5) is 12.4. The number of carbonyl (C=O) groups excluding carboxylic acids is 1. The highest BCUT2D eigenvalue weighted by Gasteiger charge is 2.33. The van der Waals surface area contributed by atoms with Gasteiger partial charge in [0, 0.05) is 10.9 Å². The SMILES string of the molecule is COc1cc2c3c4c(oc(O)c4c(-c4ccc5c(c4)OCO5)c2cc1OC)C(=O)CO3. The van der Waals surface area contributed by atoms with Crippen LogP contribution in [0.2, 0.25) is 0 Å². The molecule has 156 valence electrons. The van der Waals surface area contributed by atoms with Crippen LogP contribution >= 0.6 is 0 Å². The third-order valence-electron chi connectivity index (χ3n) is 5.67. The van der Waals surface area contributed by atoms with Crippen LogP contribution < -0.4 is 23.7 Å². The van der Waals surface area contributed by atoms with Gasteiger partial charge in [-0.1, -0.05) is 6.07 Å². The van der Waals surface area contributed by atoms with Gasteiger partial charge in [-0.3, -0.25) is 4.79 Å². The molecule has 3 aromatic carbocycles. The molecule has 0 saturated heterocycles. The lowest BCUT2D eigenvalue weighted by atomic mass is 9.90. The molecule has 1 N–H and O–H groups in total. The third-order valence-corrected chi connectivity index (χ3v) is 5.67. The molecule has 0 radical (unpaired) electrons. The maximum absolute atomic E-state index is 12.4. The van der Waals surface area contributed by atoms with E-state index in [1.165, 1.54) is 0 Å². The van der Waals surface area contributed by atoms with Crippen molar-refractivity contribution in [3.05, 3.63) is 36.1 Å². The van der Waals surface area contributed by atoms with Gasteiger partial charge in [-0.25, -0.2) is 0 Å². The minimum absolute atomic E-state index is 0.0763. The van der Waals surface area contributed by atoms with Crippen molar-refractivity contribution >= 4 is 27.3 Å². The molecule has 0 amide bonds. The zero-order valence-electron chi connectivity index (χ0n) is 16.6. The highest BCUT2D eigenvalue weighted by molar-refractivity contribution is 6.24. The predicted octanol–water partition coefficient (Wildman–Crippen LogP) is 4.28. The van der Waals surface area contributed by atoms with Gasteiger partial charge in [0.2, 0.25) is 12.6 Å². The fourth-order valence-electron chi connectivity index (χ4n) is 4.31. The highest BCUT2D eigenvalue weighted by Crippen LogP contribution is 2.53. The second kappa shape index (κ2) is 6.21. The average molecular weight is 420 g/mol. The van der Waals surface area contributed by atoms with E-state index in [0.29, 0.717) is 50.5 Å². The number of Topliss-reactive ketones (excluding diaryl/α,β-unsaturated/α-hetero) is 1. The van der Waals surface area contributed by atoms with E-state index in [0.717, 1.165) is 10.9 Å². The van der Waals surface area contributed by atoms with Crippen LogP contribution in [0.1, 0.15) is 10.6 Å². The first-order chi connectivity index (χ1) is 15.1. The van der Waals surface area contributed by atoms with Crippen LogP contribution in [0, 0.1) is 0 Å². The zero-order chi connectivity index (χ0) is 21.3. The number of fused-ring (bicyclic) bond motifs is 3. The van der Waals surface area contributed by atoms with Crippen LogP contribution in [0.25, 0.3) is 32.7 Å². The van der Waals surface area contributed by atoms with E-state index in [2.05, 4.69) is 0 Å². The Labute approximate surface area is 175 Å². The summed E-state index contributed by atoms with van der Waals surface area (Å²) < 4.78 is 33.3. The van der Waals surface area contributed by atoms with Crippen LogP contribution in [0.4, 0.5) is 0 Å². The van der Waals surface area contributed by atoms with Crippen LogP contribution in [-0.4, -0.2) is 38.5 Å². The molecule has 31 heavy (non-hydrogen) atoms. The molecule has 0 spiro atoms. The smallest absolute Gasteiger partial charge is 0.291 e. The van der Waals surface area contributed by atoms with Crippen LogP contribution in [-0.2, 0) is 0 Å². The first kappa shape index (κ1) is 17.8. The monoisotopic (exact) mass is 420 g/mol. The van der Waals surface area contributed by atoms with E-state index in [-0.39, 0.29) is 30.9 Å². The van der Waals surface area contributed by atoms with E-state index in [9.17, 15) is 9.90 Å². The number of benzene rings is 3. The minimum Gasteiger partial charge on any atom is -0.493 e. The predicted molar refractivity (Wildman–Crippen MR) is 110 cm³/mol. The third kappa shape index (κ3) is 2.32. The van der Waals surface area contributed by atoms with Gasteiger partial charge in [-0.05, 0) is 35.2 Å². The second-order valence-electron chi connectivity index (χ2n) is 7.22. The van der Waals surface area contributed by atoms with Crippen LogP contribution in [0.5, 0.6) is 34.7 Å². The molecule has 0 aliphatic carbocycles. The van der Waals surface area contributed by atoms with Gasteiger partial charge in [-0.2, -0.15) is 0 Å². The van der Waals surface area contributed by atoms with Crippen LogP contribution in [0.3, 0.4) is 0 Å². The van der Waals surface area contributed by atoms with Crippen molar-refractivity contribution in [2.45, 2.75) is 0 Å². The molecule has 0 atom stereocenters. The van der Waals surface area contributed by atoms with Gasteiger partial charge in [0.15, 0.2) is 35.4 Å². The quantitative estimate of drug-likeness (QED) is 0.525. The lowest BCUT2D eigenvalue weighted by Crippen LogP contribution is -2.16. The lowest BCUT2D eigenvalue weighted by molar-refractivity contribution is 0.0881. The summed E-state index contributed by atoms with van der Waals surface area (Å²) in [5, 5.41) is 13.0. The first-order valence-electron chi connectivity index (χ1n) is 9.54. The van der Waals surface area contributed by atoms with Crippen molar-refractivity contribution in [2.24, 2.45) is 0 Å². The molecular weight excluding hydrogens is 404 g/mol. The van der Waals surface area contributed by atoms with E-state index < -0.39 is 0 Å². The number of hydrogen-bond donors (Lipinski definition) is 1. The Kier molecular flexibility index (Phi) is 3.56. The number of aromatic hydroxyl groups is 1. The summed E-state index contributed by atoms with van der Waals surface area (Å²) in [6.45, 7) is -0.0375. The number of hydrogen-bond acceptors (Lipinski definition) is 8. The van der Waals surface area contributed by atoms with Crippen molar-refractivity contribution in [1.82, 2.24) is 0 Å². The topological polar surface area (TPSA) is 96.6 Å². The molecule has 0 unspecified atom stereocenters. The van der Waals surface area contributed by atoms with E-state index in [1.807, 2.05) is 18.2 Å². The zero-order valence-corrected chi connectivity index (χ0v) is 16.6. The van der Waals surface area contributed by atoms with Gasteiger partial charge >= 0.3 is 0 Å². The van der Waals surface area contributed by atoms with Crippen molar-refractivity contribution in [3.8, 4) is 45.8 Å². The van der Waals surface area contributed by atoms with E-state index >= 15 is 0 Å². The Bertz CT molecular complexity index is 1420. The Morgan fingerprint density at radius 2 is 1.65 bits per heavy atom. The van der Waals surface area contributed by atoms with Gasteiger partial charge in [0.05, 0.1) is 25.0 Å². The number of carbonyl (C=O) groups is 1. The van der Waals surface area contributed by atoms with E-state index in [1.54, 1.807) is 26.4 Å². The summed E-state index contributed by atoms with van der Waals surface area (Å²) in [6, 6.07) is 9.10. The Hall–Kier alpha value is -4.07. The Morgan fingerprint density at radius 1 is 0.903 bits per heavy atom. The normalized spacial score (nSPS) is 14.2. The number of furan rings is 1. The summed E-state index contributed by atoms with van der Waals surface area (Å²) in [5.41, 5.74) is 1.40. The summed E-state index contributed by atoms with van der Waals surface area (Å²) in [7, 11) is 3.10. The Morgan fingerprint density at radius 3 is 2.42 bits per heavy atom. The number of rotatable bonds is 3. The van der Waals surface area contributed by atoms with Crippen molar-refractivity contribution in [3.63, 3.8) is 0 Å². The highest BCUT2D eigenvalue weighted by atomic mass is 16.7. The van der Waals surface area contributed by atoms with Crippen LogP contribution in [0.15, 0.2) is 34.7 Å². The molecule has 0 saturated carbocycles. The Balaban J connectivity index is 1.81. The molecular formula is C23H16O8. The molecule has 0 bridgehead atoms. The standard InChI is InChI=1S/C23H16O8/c1-26-15-6-11-12(7-16(15)27-2)21-20-19(23(25)31-22(20)13(24)8-28-21)18(11)10-3-4-14-17(5-10)30-9-29-14/h3-7,25H,8-9H2,1-2H3. The van der Waals surface area contributed by atoms with Crippen molar-refractivity contribution < 1.29 is 38.0 Å². The fourth-order valence-corrected chi connectivity index (χ4v) is 4.31.